The highest BCUT2D eigenvalue weighted by molar-refractivity contribution is 6.09. The molecular weight excluding hydrogens is 390 g/mol. The van der Waals surface area contributed by atoms with Crippen LogP contribution in [0.2, 0.25) is 0 Å². The fraction of sp³-hybridized carbons (Fsp3) is 0.0690. The Morgan fingerprint density at radius 3 is 2.16 bits per heavy atom. The largest absolute Gasteiger partial charge is 0.318 e. The molecule has 0 saturated carbocycles. The second-order valence-corrected chi connectivity index (χ2v) is 8.46. The Morgan fingerprint density at radius 1 is 0.688 bits per heavy atom. The van der Waals surface area contributed by atoms with E-state index in [4.69, 9.17) is 0 Å². The molecule has 3 nitrogen and oxygen atoms in total. The van der Waals surface area contributed by atoms with Gasteiger partial charge in [0.05, 0.1) is 17.1 Å². The Labute approximate surface area is 186 Å². The maximum absolute atomic E-state index is 4.67. The Kier molecular flexibility index (Phi) is 3.67. The minimum Gasteiger partial charge on any atom is -0.318 e. The summed E-state index contributed by atoms with van der Waals surface area (Å²) in [7, 11) is 0. The number of rotatable bonds is 2. The number of aromatic nitrogens is 2. The molecule has 32 heavy (non-hydrogen) atoms. The lowest BCUT2D eigenvalue weighted by Crippen LogP contribution is -2.29. The number of allylic oxidation sites excluding steroid dienone is 2. The fourth-order valence-corrected chi connectivity index (χ4v) is 5.43. The van der Waals surface area contributed by atoms with Crippen LogP contribution in [0.25, 0.3) is 27.5 Å². The second kappa shape index (κ2) is 6.69. The average molecular weight is 412 g/mol. The number of nitrogens with zero attached hydrogens (tertiary/aromatic N) is 3. The van der Waals surface area contributed by atoms with Crippen LogP contribution < -0.4 is 4.90 Å². The molecule has 0 spiro atoms. The maximum Gasteiger partial charge on any atom is 0.133 e. The van der Waals surface area contributed by atoms with E-state index < -0.39 is 0 Å². The molecule has 2 unspecified atom stereocenters. The summed E-state index contributed by atoms with van der Waals surface area (Å²) in [5.41, 5.74) is 6.26. The number of hydrogen-bond acceptors (Lipinski definition) is 2. The molecular formula is C29H21N3. The second-order valence-electron chi connectivity index (χ2n) is 8.46. The van der Waals surface area contributed by atoms with E-state index in [2.05, 4.69) is 118 Å². The Balaban J connectivity index is 1.47. The minimum absolute atomic E-state index is 0.248. The summed E-state index contributed by atoms with van der Waals surface area (Å²) in [6.07, 6.45) is 10.8. The average Bonchev–Trinajstić information content (AvgIpc) is 3.37. The molecule has 0 fully saturated rings. The van der Waals surface area contributed by atoms with Gasteiger partial charge in [0.15, 0.2) is 0 Å². The van der Waals surface area contributed by atoms with Crippen LogP contribution in [0.3, 0.4) is 0 Å². The van der Waals surface area contributed by atoms with Crippen molar-refractivity contribution in [2.24, 2.45) is 0 Å². The topological polar surface area (TPSA) is 21.1 Å². The number of para-hydroxylation sites is 2. The molecule has 0 bridgehead atoms. The highest BCUT2D eigenvalue weighted by Crippen LogP contribution is 2.48. The summed E-state index contributed by atoms with van der Waals surface area (Å²) in [4.78, 5) is 7.04. The molecule has 2 atom stereocenters. The van der Waals surface area contributed by atoms with Crippen LogP contribution in [-0.2, 0) is 0 Å². The van der Waals surface area contributed by atoms with Crippen LogP contribution in [0.4, 0.5) is 11.5 Å². The molecule has 1 aliphatic carbocycles. The van der Waals surface area contributed by atoms with Crippen molar-refractivity contribution < 1.29 is 0 Å². The van der Waals surface area contributed by atoms with E-state index in [1.54, 1.807) is 0 Å². The molecule has 1 aliphatic heterocycles. The molecule has 0 radical (unpaired) electrons. The zero-order valence-electron chi connectivity index (χ0n) is 17.5. The predicted molar refractivity (Wildman–Crippen MR) is 132 cm³/mol. The molecule has 3 aromatic carbocycles. The van der Waals surface area contributed by atoms with Crippen LogP contribution in [0.1, 0.15) is 11.5 Å². The van der Waals surface area contributed by atoms with Crippen LogP contribution in [-0.4, -0.2) is 15.6 Å². The van der Waals surface area contributed by atoms with E-state index in [0.29, 0.717) is 5.92 Å². The van der Waals surface area contributed by atoms with Crippen LogP contribution in [0.5, 0.6) is 0 Å². The van der Waals surface area contributed by atoms with Gasteiger partial charge < -0.3 is 9.47 Å². The summed E-state index contributed by atoms with van der Waals surface area (Å²) >= 11 is 0. The molecule has 0 amide bonds. The summed E-state index contributed by atoms with van der Waals surface area (Å²) in [6, 6.07) is 30.6. The maximum atomic E-state index is 4.67. The van der Waals surface area contributed by atoms with Gasteiger partial charge in [0.2, 0.25) is 0 Å². The van der Waals surface area contributed by atoms with Gasteiger partial charge >= 0.3 is 0 Å². The van der Waals surface area contributed by atoms with Gasteiger partial charge in [0.1, 0.15) is 5.82 Å². The molecule has 152 valence electrons. The first kappa shape index (κ1) is 17.6. The van der Waals surface area contributed by atoms with Gasteiger partial charge in [-0.1, -0.05) is 66.8 Å². The van der Waals surface area contributed by atoms with Crippen molar-refractivity contribution in [1.29, 1.82) is 0 Å². The molecule has 0 saturated heterocycles. The molecule has 2 aliphatic rings. The molecule has 3 heterocycles. The van der Waals surface area contributed by atoms with Gasteiger partial charge in [-0.2, -0.15) is 0 Å². The zero-order valence-corrected chi connectivity index (χ0v) is 17.5. The molecule has 2 aromatic heterocycles. The smallest absolute Gasteiger partial charge is 0.133 e. The Hall–Kier alpha value is -4.11. The van der Waals surface area contributed by atoms with Crippen LogP contribution in [0.15, 0.2) is 115 Å². The molecule has 7 rings (SSSR count). The third kappa shape index (κ3) is 2.39. The van der Waals surface area contributed by atoms with Crippen molar-refractivity contribution in [3.8, 4) is 5.69 Å². The van der Waals surface area contributed by atoms with Gasteiger partial charge in [0, 0.05) is 34.3 Å². The predicted octanol–water partition coefficient (Wildman–Crippen LogP) is 6.91. The molecule has 3 heteroatoms. The van der Waals surface area contributed by atoms with E-state index in [0.717, 1.165) is 5.82 Å². The highest BCUT2D eigenvalue weighted by atomic mass is 15.2. The van der Waals surface area contributed by atoms with Crippen molar-refractivity contribution in [2.45, 2.75) is 12.0 Å². The van der Waals surface area contributed by atoms with Gasteiger partial charge in [-0.25, -0.2) is 4.98 Å². The quantitative estimate of drug-likeness (QED) is 0.315. The molecule has 5 aromatic rings. The van der Waals surface area contributed by atoms with E-state index in [1.807, 2.05) is 12.3 Å². The lowest BCUT2D eigenvalue weighted by Gasteiger charge is -2.27. The van der Waals surface area contributed by atoms with E-state index in [9.17, 15) is 0 Å². The van der Waals surface area contributed by atoms with Gasteiger partial charge in [-0.15, -0.1) is 0 Å². The van der Waals surface area contributed by atoms with Crippen LogP contribution >= 0.6 is 0 Å². The van der Waals surface area contributed by atoms with Crippen molar-refractivity contribution in [3.05, 3.63) is 121 Å². The number of anilines is 2. The lowest BCUT2D eigenvalue weighted by atomic mass is 9.91. The van der Waals surface area contributed by atoms with Gasteiger partial charge in [-0.05, 0) is 48.0 Å². The summed E-state index contributed by atoms with van der Waals surface area (Å²) < 4.78 is 2.39. The van der Waals surface area contributed by atoms with E-state index in [-0.39, 0.29) is 6.04 Å². The van der Waals surface area contributed by atoms with E-state index >= 15 is 0 Å². The number of benzene rings is 3. The summed E-state index contributed by atoms with van der Waals surface area (Å²) in [5.74, 6) is 1.30. The van der Waals surface area contributed by atoms with Crippen molar-refractivity contribution in [2.75, 3.05) is 4.90 Å². The number of pyridine rings is 1. The van der Waals surface area contributed by atoms with Crippen molar-refractivity contribution in [1.82, 2.24) is 9.55 Å². The van der Waals surface area contributed by atoms with Crippen LogP contribution in [0, 0.1) is 0 Å². The summed E-state index contributed by atoms with van der Waals surface area (Å²) in [6.45, 7) is 0. The van der Waals surface area contributed by atoms with Crippen molar-refractivity contribution in [3.63, 3.8) is 0 Å². The van der Waals surface area contributed by atoms with Crippen molar-refractivity contribution >= 4 is 33.3 Å². The lowest BCUT2D eigenvalue weighted by molar-refractivity contribution is 0.738. The molecule has 0 N–H and O–H groups in total. The third-order valence-electron chi connectivity index (χ3n) is 6.77. The highest BCUT2D eigenvalue weighted by Gasteiger charge is 2.38. The fourth-order valence-electron chi connectivity index (χ4n) is 5.43. The Morgan fingerprint density at radius 2 is 1.41 bits per heavy atom. The number of hydrogen-bond donors (Lipinski definition) is 0. The van der Waals surface area contributed by atoms with Gasteiger partial charge in [0.25, 0.3) is 0 Å². The van der Waals surface area contributed by atoms with E-state index in [1.165, 1.54) is 38.7 Å². The standard InChI is InChI=1S/C29H21N3/c1-4-12-25-21(9-1)22-10-2-5-13-26(22)31(25)20-16-17-28-24(19-20)23-11-3-6-14-27(23)32(28)29-15-7-8-18-30-29/h1-19,23,27H. The SMILES string of the molecule is C1=CC2c3cc(-n4c5ccccc5c5ccccc54)ccc3N(c3ccccn3)C2C=C1. The first-order chi connectivity index (χ1) is 15.9. The zero-order chi connectivity index (χ0) is 21.1. The normalized spacial score (nSPS) is 18.9. The Bertz CT molecular complexity index is 1490. The number of fused-ring (bicyclic) bond motifs is 6. The summed E-state index contributed by atoms with van der Waals surface area (Å²) in [5, 5.41) is 2.58. The first-order valence-electron chi connectivity index (χ1n) is 11.1. The first-order valence-corrected chi connectivity index (χ1v) is 11.1. The van der Waals surface area contributed by atoms with Gasteiger partial charge in [-0.3, -0.25) is 0 Å². The third-order valence-corrected chi connectivity index (χ3v) is 6.77. The minimum atomic E-state index is 0.248. The monoisotopic (exact) mass is 411 g/mol.